The Bertz CT molecular complexity index is 26.5. The minimum Gasteiger partial charge on any atom is -0.412 e. The summed E-state index contributed by atoms with van der Waals surface area (Å²) in [4.78, 5) is 0. The fourth-order valence-electron chi connectivity index (χ4n) is 0.361. The maximum absolute atomic E-state index is 3.19. The van der Waals surface area contributed by atoms with Gasteiger partial charge in [-0.2, -0.15) is 0 Å². The Morgan fingerprint density at radius 2 is 2.14 bits per heavy atom. The van der Waals surface area contributed by atoms with Crippen LogP contribution in [-0.2, 0) is 0 Å². The molecule has 1 rings (SSSR count). The fraction of sp³-hybridized carbons (Fsp3) is 1.00. The lowest BCUT2D eigenvalue weighted by Gasteiger charge is -1.74. The van der Waals surface area contributed by atoms with Crippen LogP contribution in [0.15, 0.2) is 0 Å². The van der Waals surface area contributed by atoms with E-state index < -0.39 is 0 Å². The summed E-state index contributed by atoms with van der Waals surface area (Å²) in [6.45, 7) is 1.21. The lowest BCUT2D eigenvalue weighted by Crippen LogP contribution is -2.04. The van der Waals surface area contributed by atoms with Gasteiger partial charge in [-0.15, -0.1) is 28.7 Å². The molecular formula is C3H10BrNOS. The summed E-state index contributed by atoms with van der Waals surface area (Å²) >= 11 is 1.96. The van der Waals surface area contributed by atoms with Gasteiger partial charge in [0.15, 0.2) is 0 Å². The normalized spacial score (nSPS) is 17.1. The Labute approximate surface area is 58.1 Å². The largest absolute Gasteiger partial charge is 0.412 e. The summed E-state index contributed by atoms with van der Waals surface area (Å²) in [5, 5.41) is 3.19. The van der Waals surface area contributed by atoms with E-state index in [-0.39, 0.29) is 22.5 Å². The standard InChI is InChI=1S/C3H7NS.BrH.H2O/c1-2-5-3-4-1;;/h4H,1-3H2;1H;1H2. The Hall–Kier alpha value is 0.750. The minimum absolute atomic E-state index is 0. The molecule has 1 aliphatic heterocycles. The molecule has 0 spiro atoms. The smallest absolute Gasteiger partial charge is 0.0418 e. The molecule has 2 nitrogen and oxygen atoms in total. The Balaban J connectivity index is 0. The molecule has 1 fully saturated rings. The molecule has 0 aromatic carbocycles. The highest BCUT2D eigenvalue weighted by Gasteiger charge is 1.93. The third-order valence-corrected chi connectivity index (χ3v) is 1.53. The third-order valence-electron chi connectivity index (χ3n) is 0.627. The average Bonchev–Trinajstić information content (AvgIpc) is 1.76. The molecule has 0 radical (unpaired) electrons. The molecule has 0 bridgehead atoms. The van der Waals surface area contributed by atoms with Crippen LogP contribution in [0.3, 0.4) is 0 Å². The molecule has 1 heterocycles. The van der Waals surface area contributed by atoms with E-state index in [0.29, 0.717) is 0 Å². The zero-order valence-corrected chi connectivity index (χ0v) is 6.47. The molecule has 1 saturated heterocycles. The summed E-state index contributed by atoms with van der Waals surface area (Å²) < 4.78 is 0. The Morgan fingerprint density at radius 1 is 1.43 bits per heavy atom. The zero-order chi connectivity index (χ0) is 3.54. The average molecular weight is 188 g/mol. The van der Waals surface area contributed by atoms with E-state index in [9.17, 15) is 0 Å². The van der Waals surface area contributed by atoms with Crippen LogP contribution in [0.25, 0.3) is 0 Å². The topological polar surface area (TPSA) is 43.5 Å². The number of halogens is 1. The van der Waals surface area contributed by atoms with E-state index in [1.807, 2.05) is 11.8 Å². The minimum atomic E-state index is 0. The van der Waals surface area contributed by atoms with Crippen molar-refractivity contribution in [1.29, 1.82) is 0 Å². The molecule has 0 saturated carbocycles. The highest BCUT2D eigenvalue weighted by atomic mass is 79.9. The van der Waals surface area contributed by atoms with Crippen molar-refractivity contribution < 1.29 is 5.48 Å². The molecule has 0 aromatic heterocycles. The maximum Gasteiger partial charge on any atom is 0.0418 e. The summed E-state index contributed by atoms with van der Waals surface area (Å²) in [5.74, 6) is 2.47. The summed E-state index contributed by atoms with van der Waals surface area (Å²) in [6, 6.07) is 0. The zero-order valence-electron chi connectivity index (χ0n) is 3.94. The van der Waals surface area contributed by atoms with Gasteiger partial charge in [0.25, 0.3) is 0 Å². The monoisotopic (exact) mass is 187 g/mol. The predicted octanol–water partition coefficient (Wildman–Crippen LogP) is 0.0335. The second-order valence-electron chi connectivity index (χ2n) is 1.05. The quantitative estimate of drug-likeness (QED) is 0.583. The molecule has 3 N–H and O–H groups in total. The molecule has 0 atom stereocenters. The Morgan fingerprint density at radius 3 is 2.29 bits per heavy atom. The first-order chi connectivity index (χ1) is 2.50. The number of hydrogen-bond donors (Lipinski definition) is 1. The van der Waals surface area contributed by atoms with Gasteiger partial charge >= 0.3 is 0 Å². The van der Waals surface area contributed by atoms with Crippen molar-refractivity contribution in [1.82, 2.24) is 5.32 Å². The van der Waals surface area contributed by atoms with Gasteiger partial charge in [0.1, 0.15) is 0 Å². The van der Waals surface area contributed by atoms with Crippen LogP contribution < -0.4 is 5.32 Å². The van der Waals surface area contributed by atoms with Crippen molar-refractivity contribution >= 4 is 28.7 Å². The van der Waals surface area contributed by atoms with Crippen molar-refractivity contribution in [2.45, 2.75) is 0 Å². The van der Waals surface area contributed by atoms with Crippen molar-refractivity contribution in [2.24, 2.45) is 0 Å². The van der Waals surface area contributed by atoms with Crippen molar-refractivity contribution in [3.05, 3.63) is 0 Å². The van der Waals surface area contributed by atoms with Gasteiger partial charge < -0.3 is 10.8 Å². The lowest BCUT2D eigenvalue weighted by atomic mass is 10.8. The molecule has 7 heavy (non-hydrogen) atoms. The number of rotatable bonds is 0. The lowest BCUT2D eigenvalue weighted by molar-refractivity contribution is 0.824. The molecule has 0 amide bonds. The fourth-order valence-corrected chi connectivity index (χ4v) is 1.08. The van der Waals surface area contributed by atoms with E-state index in [1.165, 1.54) is 18.2 Å². The molecule has 4 heteroatoms. The predicted molar refractivity (Wildman–Crippen MR) is 39.3 cm³/mol. The van der Waals surface area contributed by atoms with Gasteiger partial charge in [-0.05, 0) is 0 Å². The van der Waals surface area contributed by atoms with Crippen LogP contribution in [0.5, 0.6) is 0 Å². The van der Waals surface area contributed by atoms with E-state index in [4.69, 9.17) is 0 Å². The van der Waals surface area contributed by atoms with Gasteiger partial charge in [-0.3, -0.25) is 0 Å². The molecule has 0 unspecified atom stereocenters. The van der Waals surface area contributed by atoms with Crippen LogP contribution in [0.1, 0.15) is 0 Å². The highest BCUT2D eigenvalue weighted by Crippen LogP contribution is 1.99. The summed E-state index contributed by atoms with van der Waals surface area (Å²) in [5.41, 5.74) is 0. The van der Waals surface area contributed by atoms with Gasteiger partial charge in [0, 0.05) is 18.2 Å². The van der Waals surface area contributed by atoms with Crippen LogP contribution in [0.4, 0.5) is 0 Å². The molecule has 0 aromatic rings. The van der Waals surface area contributed by atoms with Crippen molar-refractivity contribution in [3.8, 4) is 0 Å². The second-order valence-corrected chi connectivity index (χ2v) is 2.16. The van der Waals surface area contributed by atoms with Crippen LogP contribution in [-0.4, -0.2) is 23.7 Å². The third kappa shape index (κ3) is 4.61. The van der Waals surface area contributed by atoms with Crippen molar-refractivity contribution in [3.63, 3.8) is 0 Å². The van der Waals surface area contributed by atoms with Crippen LogP contribution in [0, 0.1) is 0 Å². The van der Waals surface area contributed by atoms with E-state index in [0.717, 1.165) is 0 Å². The number of nitrogens with one attached hydrogen (secondary N) is 1. The first-order valence-corrected chi connectivity index (χ1v) is 2.94. The molecular weight excluding hydrogens is 178 g/mol. The van der Waals surface area contributed by atoms with Crippen LogP contribution in [0.2, 0.25) is 0 Å². The van der Waals surface area contributed by atoms with E-state index in [1.54, 1.807) is 0 Å². The molecule has 1 aliphatic rings. The SMILES string of the molecule is Br.C1CSCN1.O. The van der Waals surface area contributed by atoms with Crippen molar-refractivity contribution in [2.75, 3.05) is 18.2 Å². The second kappa shape index (κ2) is 6.75. The first kappa shape index (κ1) is 10.7. The molecule has 46 valence electrons. The van der Waals surface area contributed by atoms with E-state index >= 15 is 0 Å². The Kier molecular flexibility index (Phi) is 10.3. The maximum atomic E-state index is 3.19. The number of hydrogen-bond acceptors (Lipinski definition) is 2. The van der Waals surface area contributed by atoms with E-state index in [2.05, 4.69) is 5.32 Å². The highest BCUT2D eigenvalue weighted by molar-refractivity contribution is 8.93. The molecule has 0 aliphatic carbocycles. The van der Waals surface area contributed by atoms with Gasteiger partial charge in [-0.1, -0.05) is 0 Å². The van der Waals surface area contributed by atoms with Gasteiger partial charge in [-0.25, -0.2) is 0 Å². The summed E-state index contributed by atoms with van der Waals surface area (Å²) in [7, 11) is 0. The number of thioether (sulfide) groups is 1. The van der Waals surface area contributed by atoms with Gasteiger partial charge in [0.05, 0.1) is 0 Å². The summed E-state index contributed by atoms with van der Waals surface area (Å²) in [6.07, 6.45) is 0. The van der Waals surface area contributed by atoms with Crippen LogP contribution >= 0.6 is 28.7 Å². The van der Waals surface area contributed by atoms with Gasteiger partial charge in [0.2, 0.25) is 0 Å². The first-order valence-electron chi connectivity index (χ1n) is 1.78.